The fraction of sp³-hybridized carbons (Fsp3) is 0.909. The SMILES string of the molecule is CC1SCCN(C(=O)C2CCOC2)C1C. The number of nitrogens with zero attached hydrogens (tertiary/aromatic N) is 1. The van der Waals surface area contributed by atoms with Gasteiger partial charge >= 0.3 is 0 Å². The first-order valence-corrected chi connectivity index (χ1v) is 6.75. The van der Waals surface area contributed by atoms with Gasteiger partial charge in [-0.05, 0) is 13.3 Å². The Morgan fingerprint density at radius 1 is 1.47 bits per heavy atom. The number of carbonyl (C=O) groups excluding carboxylic acids is 1. The summed E-state index contributed by atoms with van der Waals surface area (Å²) in [5, 5.41) is 0.560. The van der Waals surface area contributed by atoms with Crippen LogP contribution in [0.3, 0.4) is 0 Å². The summed E-state index contributed by atoms with van der Waals surface area (Å²) in [4.78, 5) is 14.2. The minimum absolute atomic E-state index is 0.128. The van der Waals surface area contributed by atoms with E-state index in [0.717, 1.165) is 25.3 Å². The lowest BCUT2D eigenvalue weighted by atomic mass is 10.1. The Balaban J connectivity index is 1.98. The van der Waals surface area contributed by atoms with Crippen molar-refractivity contribution >= 4 is 17.7 Å². The zero-order chi connectivity index (χ0) is 10.8. The predicted molar refractivity (Wildman–Crippen MR) is 62.0 cm³/mol. The first-order chi connectivity index (χ1) is 7.20. The summed E-state index contributed by atoms with van der Waals surface area (Å²) >= 11 is 1.96. The summed E-state index contributed by atoms with van der Waals surface area (Å²) < 4.78 is 5.28. The standard InChI is InChI=1S/C11H19NO2S/c1-8-9(2)15-6-4-12(8)11(13)10-3-5-14-7-10/h8-10H,3-7H2,1-2H3. The van der Waals surface area contributed by atoms with Gasteiger partial charge in [0, 0.05) is 30.2 Å². The van der Waals surface area contributed by atoms with Gasteiger partial charge in [0.25, 0.3) is 0 Å². The van der Waals surface area contributed by atoms with Crippen molar-refractivity contribution in [2.45, 2.75) is 31.6 Å². The molecule has 2 rings (SSSR count). The molecular formula is C11H19NO2S. The fourth-order valence-corrected chi connectivity index (χ4v) is 3.31. The van der Waals surface area contributed by atoms with Crippen LogP contribution in [0.2, 0.25) is 0 Å². The zero-order valence-electron chi connectivity index (χ0n) is 9.44. The summed E-state index contributed by atoms with van der Waals surface area (Å²) in [7, 11) is 0. The van der Waals surface area contributed by atoms with Crippen LogP contribution in [0.15, 0.2) is 0 Å². The Bertz CT molecular complexity index is 241. The largest absolute Gasteiger partial charge is 0.381 e. The van der Waals surface area contributed by atoms with E-state index in [0.29, 0.717) is 23.8 Å². The Morgan fingerprint density at radius 2 is 2.27 bits per heavy atom. The first-order valence-electron chi connectivity index (χ1n) is 5.70. The van der Waals surface area contributed by atoms with Crippen molar-refractivity contribution in [3.63, 3.8) is 0 Å². The number of thioether (sulfide) groups is 1. The van der Waals surface area contributed by atoms with Crippen LogP contribution in [0.5, 0.6) is 0 Å². The molecule has 0 saturated carbocycles. The third-order valence-electron chi connectivity index (χ3n) is 3.45. The second kappa shape index (κ2) is 4.74. The summed E-state index contributed by atoms with van der Waals surface area (Å²) in [6.07, 6.45) is 0.906. The molecule has 3 atom stereocenters. The van der Waals surface area contributed by atoms with E-state index in [1.165, 1.54) is 0 Å². The topological polar surface area (TPSA) is 29.5 Å². The monoisotopic (exact) mass is 229 g/mol. The summed E-state index contributed by atoms with van der Waals surface area (Å²) in [5.41, 5.74) is 0. The van der Waals surface area contributed by atoms with Gasteiger partial charge in [-0.25, -0.2) is 0 Å². The number of hydrogen-bond acceptors (Lipinski definition) is 3. The first kappa shape index (κ1) is 11.3. The van der Waals surface area contributed by atoms with Gasteiger partial charge in [-0.15, -0.1) is 0 Å². The smallest absolute Gasteiger partial charge is 0.228 e. The molecule has 4 heteroatoms. The van der Waals surface area contributed by atoms with Gasteiger partial charge in [0.05, 0.1) is 12.5 Å². The second-order valence-electron chi connectivity index (χ2n) is 4.41. The summed E-state index contributed by atoms with van der Waals surface area (Å²) in [6, 6.07) is 0.372. The van der Waals surface area contributed by atoms with Crippen molar-refractivity contribution in [2.24, 2.45) is 5.92 Å². The number of ether oxygens (including phenoxy) is 1. The molecule has 1 amide bonds. The molecule has 86 valence electrons. The molecule has 0 bridgehead atoms. The third-order valence-corrected chi connectivity index (χ3v) is 4.78. The quantitative estimate of drug-likeness (QED) is 0.680. The molecule has 0 radical (unpaired) electrons. The number of carbonyl (C=O) groups is 1. The fourth-order valence-electron chi connectivity index (χ4n) is 2.21. The van der Waals surface area contributed by atoms with E-state index >= 15 is 0 Å². The maximum absolute atomic E-state index is 12.2. The van der Waals surface area contributed by atoms with E-state index in [4.69, 9.17) is 4.74 Å². The predicted octanol–water partition coefficient (Wildman–Crippen LogP) is 1.38. The van der Waals surface area contributed by atoms with E-state index in [1.807, 2.05) is 11.8 Å². The summed E-state index contributed by atoms with van der Waals surface area (Å²) in [5.74, 6) is 1.51. The average Bonchev–Trinajstić information content (AvgIpc) is 2.74. The lowest BCUT2D eigenvalue weighted by molar-refractivity contribution is -0.137. The minimum Gasteiger partial charge on any atom is -0.381 e. The molecule has 15 heavy (non-hydrogen) atoms. The van der Waals surface area contributed by atoms with Crippen LogP contribution in [-0.4, -0.2) is 47.6 Å². The molecule has 0 aliphatic carbocycles. The van der Waals surface area contributed by atoms with Crippen molar-refractivity contribution in [1.29, 1.82) is 0 Å². The van der Waals surface area contributed by atoms with Crippen molar-refractivity contribution in [3.05, 3.63) is 0 Å². The molecule has 0 N–H and O–H groups in total. The maximum Gasteiger partial charge on any atom is 0.228 e. The van der Waals surface area contributed by atoms with Crippen LogP contribution >= 0.6 is 11.8 Å². The highest BCUT2D eigenvalue weighted by molar-refractivity contribution is 8.00. The number of hydrogen-bond donors (Lipinski definition) is 0. The lowest BCUT2D eigenvalue weighted by Crippen LogP contribution is -2.50. The van der Waals surface area contributed by atoms with E-state index in [2.05, 4.69) is 18.7 Å². The van der Waals surface area contributed by atoms with E-state index in [-0.39, 0.29) is 5.92 Å². The van der Waals surface area contributed by atoms with Crippen LogP contribution in [0, 0.1) is 5.92 Å². The highest BCUT2D eigenvalue weighted by Crippen LogP contribution is 2.27. The molecule has 2 heterocycles. The molecule has 0 aromatic rings. The molecule has 3 nitrogen and oxygen atoms in total. The van der Waals surface area contributed by atoms with E-state index in [1.54, 1.807) is 0 Å². The van der Waals surface area contributed by atoms with Crippen LogP contribution < -0.4 is 0 Å². The van der Waals surface area contributed by atoms with E-state index < -0.39 is 0 Å². The van der Waals surface area contributed by atoms with Crippen LogP contribution in [0.4, 0.5) is 0 Å². The van der Waals surface area contributed by atoms with Gasteiger partial charge in [-0.1, -0.05) is 6.92 Å². The van der Waals surface area contributed by atoms with Crippen molar-refractivity contribution in [3.8, 4) is 0 Å². The molecule has 0 aromatic heterocycles. The van der Waals surface area contributed by atoms with Crippen molar-refractivity contribution in [2.75, 3.05) is 25.5 Å². The molecule has 3 unspecified atom stereocenters. The van der Waals surface area contributed by atoms with Crippen LogP contribution in [0.1, 0.15) is 20.3 Å². The zero-order valence-corrected chi connectivity index (χ0v) is 10.3. The molecule has 2 aliphatic heterocycles. The highest BCUT2D eigenvalue weighted by Gasteiger charge is 2.34. The molecule has 0 aromatic carbocycles. The molecule has 0 spiro atoms. The second-order valence-corrected chi connectivity index (χ2v) is 5.89. The molecular weight excluding hydrogens is 210 g/mol. The Morgan fingerprint density at radius 3 is 2.93 bits per heavy atom. The number of rotatable bonds is 1. The Hall–Kier alpha value is -0.220. The lowest BCUT2D eigenvalue weighted by Gasteiger charge is -2.38. The van der Waals surface area contributed by atoms with Gasteiger partial charge in [-0.2, -0.15) is 11.8 Å². The van der Waals surface area contributed by atoms with Gasteiger partial charge in [0.15, 0.2) is 0 Å². The van der Waals surface area contributed by atoms with Crippen LogP contribution in [0.25, 0.3) is 0 Å². The molecule has 2 aliphatic rings. The van der Waals surface area contributed by atoms with Gasteiger partial charge in [0.2, 0.25) is 5.91 Å². The third kappa shape index (κ3) is 2.31. The highest BCUT2D eigenvalue weighted by atomic mass is 32.2. The van der Waals surface area contributed by atoms with Gasteiger partial charge in [-0.3, -0.25) is 4.79 Å². The maximum atomic E-state index is 12.2. The Kier molecular flexibility index (Phi) is 3.57. The normalized spacial score (nSPS) is 36.9. The molecule has 2 fully saturated rings. The van der Waals surface area contributed by atoms with Gasteiger partial charge in [0.1, 0.15) is 0 Å². The van der Waals surface area contributed by atoms with E-state index in [9.17, 15) is 4.79 Å². The number of amides is 1. The summed E-state index contributed by atoms with van der Waals surface area (Å²) in [6.45, 7) is 6.66. The minimum atomic E-state index is 0.128. The Labute approximate surface area is 95.5 Å². The van der Waals surface area contributed by atoms with Crippen molar-refractivity contribution in [1.82, 2.24) is 4.90 Å². The van der Waals surface area contributed by atoms with Gasteiger partial charge < -0.3 is 9.64 Å². The molecule has 2 saturated heterocycles. The van der Waals surface area contributed by atoms with Crippen LogP contribution in [-0.2, 0) is 9.53 Å². The average molecular weight is 229 g/mol. The van der Waals surface area contributed by atoms with Crippen molar-refractivity contribution < 1.29 is 9.53 Å².